The van der Waals surface area contributed by atoms with Crippen molar-refractivity contribution < 1.29 is 9.47 Å². The van der Waals surface area contributed by atoms with Crippen molar-refractivity contribution in [3.63, 3.8) is 0 Å². The second-order valence-electron chi connectivity index (χ2n) is 5.98. The van der Waals surface area contributed by atoms with Crippen molar-refractivity contribution in [2.45, 2.75) is 19.4 Å². The van der Waals surface area contributed by atoms with Crippen LogP contribution in [0.3, 0.4) is 0 Å². The summed E-state index contributed by atoms with van der Waals surface area (Å²) in [5.41, 5.74) is 3.08. The Hall–Kier alpha value is -2.42. The third kappa shape index (κ3) is 1.81. The third-order valence-electron chi connectivity index (χ3n) is 4.01. The van der Waals surface area contributed by atoms with E-state index in [4.69, 9.17) is 9.47 Å². The van der Waals surface area contributed by atoms with E-state index >= 15 is 0 Å². The Labute approximate surface area is 123 Å². The standard InChI is InChI=1S/C18H17NO2/c1-18(2)9-8-13-16(21-18)7-5-12-14-10-11(20-3)4-6-15(14)19-17(12)13/h4-10,19H,1-3H3. The van der Waals surface area contributed by atoms with Crippen molar-refractivity contribution in [3.05, 3.63) is 42.0 Å². The van der Waals surface area contributed by atoms with E-state index in [0.29, 0.717) is 0 Å². The van der Waals surface area contributed by atoms with E-state index in [1.807, 2.05) is 6.07 Å². The first-order valence-corrected chi connectivity index (χ1v) is 7.08. The Kier molecular flexibility index (Phi) is 2.37. The molecule has 0 radical (unpaired) electrons. The summed E-state index contributed by atoms with van der Waals surface area (Å²) in [4.78, 5) is 3.50. The van der Waals surface area contributed by atoms with Gasteiger partial charge in [0.1, 0.15) is 17.1 Å². The zero-order chi connectivity index (χ0) is 14.6. The van der Waals surface area contributed by atoms with Gasteiger partial charge < -0.3 is 14.5 Å². The summed E-state index contributed by atoms with van der Waals surface area (Å²) < 4.78 is 11.4. The molecule has 2 heterocycles. The van der Waals surface area contributed by atoms with Crippen LogP contribution >= 0.6 is 0 Å². The zero-order valence-electron chi connectivity index (χ0n) is 12.4. The van der Waals surface area contributed by atoms with Crippen LogP contribution in [0.4, 0.5) is 0 Å². The van der Waals surface area contributed by atoms with Gasteiger partial charge in [0.2, 0.25) is 0 Å². The molecule has 106 valence electrons. The molecule has 3 heteroatoms. The van der Waals surface area contributed by atoms with Crippen LogP contribution in [0.2, 0.25) is 0 Å². The molecule has 0 bridgehead atoms. The molecule has 2 aromatic carbocycles. The van der Waals surface area contributed by atoms with Crippen molar-refractivity contribution in [1.29, 1.82) is 0 Å². The predicted octanol–water partition coefficient (Wildman–Crippen LogP) is 4.51. The Morgan fingerprint density at radius 1 is 1.10 bits per heavy atom. The van der Waals surface area contributed by atoms with Crippen LogP contribution in [0, 0.1) is 0 Å². The van der Waals surface area contributed by atoms with Crippen LogP contribution in [0.15, 0.2) is 36.4 Å². The van der Waals surface area contributed by atoms with Gasteiger partial charge in [-0.25, -0.2) is 0 Å². The maximum absolute atomic E-state index is 6.04. The van der Waals surface area contributed by atoms with E-state index < -0.39 is 0 Å². The lowest BCUT2D eigenvalue weighted by Crippen LogP contribution is -2.27. The number of fused-ring (bicyclic) bond motifs is 5. The van der Waals surface area contributed by atoms with Crippen molar-refractivity contribution in [1.82, 2.24) is 4.98 Å². The average Bonchev–Trinajstić information content (AvgIpc) is 2.83. The van der Waals surface area contributed by atoms with Crippen LogP contribution in [0.25, 0.3) is 27.9 Å². The highest BCUT2D eigenvalue weighted by molar-refractivity contribution is 6.10. The highest BCUT2D eigenvalue weighted by atomic mass is 16.5. The second-order valence-corrected chi connectivity index (χ2v) is 5.98. The van der Waals surface area contributed by atoms with Crippen molar-refractivity contribution in [2.24, 2.45) is 0 Å². The van der Waals surface area contributed by atoms with E-state index in [1.54, 1.807) is 7.11 Å². The Balaban J connectivity index is 2.03. The molecule has 0 unspecified atom stereocenters. The Morgan fingerprint density at radius 3 is 2.76 bits per heavy atom. The van der Waals surface area contributed by atoms with Crippen molar-refractivity contribution in [2.75, 3.05) is 7.11 Å². The summed E-state index contributed by atoms with van der Waals surface area (Å²) in [6, 6.07) is 10.3. The fourth-order valence-electron chi connectivity index (χ4n) is 2.93. The van der Waals surface area contributed by atoms with E-state index in [2.05, 4.69) is 55.2 Å². The van der Waals surface area contributed by atoms with Gasteiger partial charge in [0, 0.05) is 21.9 Å². The molecule has 3 nitrogen and oxygen atoms in total. The van der Waals surface area contributed by atoms with Gasteiger partial charge in [0.25, 0.3) is 0 Å². The first kappa shape index (κ1) is 12.3. The number of rotatable bonds is 1. The zero-order valence-corrected chi connectivity index (χ0v) is 12.4. The number of H-pyrrole nitrogens is 1. The highest BCUT2D eigenvalue weighted by Gasteiger charge is 2.23. The molecule has 21 heavy (non-hydrogen) atoms. The van der Waals surface area contributed by atoms with Crippen LogP contribution in [-0.2, 0) is 0 Å². The minimum absolute atomic E-state index is 0.254. The molecule has 0 aliphatic carbocycles. The Bertz CT molecular complexity index is 887. The van der Waals surface area contributed by atoms with E-state index in [9.17, 15) is 0 Å². The maximum Gasteiger partial charge on any atom is 0.129 e. The summed E-state index contributed by atoms with van der Waals surface area (Å²) in [6.45, 7) is 4.12. The number of aromatic nitrogens is 1. The van der Waals surface area contributed by atoms with Gasteiger partial charge in [-0.1, -0.05) is 0 Å². The molecule has 3 aromatic rings. The van der Waals surface area contributed by atoms with Gasteiger partial charge in [-0.3, -0.25) is 0 Å². The fourth-order valence-corrected chi connectivity index (χ4v) is 2.93. The van der Waals surface area contributed by atoms with Crippen molar-refractivity contribution >= 4 is 27.9 Å². The summed E-state index contributed by atoms with van der Waals surface area (Å²) >= 11 is 0. The minimum Gasteiger partial charge on any atom is -0.497 e. The quantitative estimate of drug-likeness (QED) is 0.711. The SMILES string of the molecule is COc1ccc2[nH]c3c4c(ccc3c2c1)OC(C)(C)C=C4. The maximum atomic E-state index is 6.04. The lowest BCUT2D eigenvalue weighted by Gasteiger charge is -2.27. The van der Waals surface area contributed by atoms with E-state index in [-0.39, 0.29) is 5.60 Å². The molecule has 0 fully saturated rings. The number of aromatic amines is 1. The first-order chi connectivity index (χ1) is 10.1. The predicted molar refractivity (Wildman–Crippen MR) is 86.1 cm³/mol. The number of benzene rings is 2. The third-order valence-corrected chi connectivity index (χ3v) is 4.01. The molecule has 1 N–H and O–H groups in total. The lowest BCUT2D eigenvalue weighted by molar-refractivity contribution is 0.159. The molecule has 0 amide bonds. The molecule has 0 saturated heterocycles. The van der Waals surface area contributed by atoms with E-state index in [1.165, 1.54) is 10.8 Å². The van der Waals surface area contributed by atoms with Gasteiger partial charge in [-0.15, -0.1) is 0 Å². The average molecular weight is 279 g/mol. The summed E-state index contributed by atoms with van der Waals surface area (Å²) in [7, 11) is 1.69. The summed E-state index contributed by atoms with van der Waals surface area (Å²) in [5, 5.41) is 2.36. The fraction of sp³-hybridized carbons (Fsp3) is 0.222. The normalized spacial score (nSPS) is 16.0. The largest absolute Gasteiger partial charge is 0.497 e. The van der Waals surface area contributed by atoms with Crippen LogP contribution < -0.4 is 9.47 Å². The van der Waals surface area contributed by atoms with Gasteiger partial charge in [-0.05, 0) is 56.3 Å². The summed E-state index contributed by atoms with van der Waals surface area (Å²) in [6.07, 6.45) is 4.24. The molecule has 4 rings (SSSR count). The molecule has 1 aliphatic rings. The van der Waals surface area contributed by atoms with Gasteiger partial charge in [0.05, 0.1) is 12.6 Å². The topological polar surface area (TPSA) is 34.2 Å². The minimum atomic E-state index is -0.254. The molecular weight excluding hydrogens is 262 g/mol. The van der Waals surface area contributed by atoms with Gasteiger partial charge >= 0.3 is 0 Å². The van der Waals surface area contributed by atoms with Crippen molar-refractivity contribution in [3.8, 4) is 11.5 Å². The van der Waals surface area contributed by atoms with E-state index in [0.717, 1.165) is 28.1 Å². The number of methoxy groups -OCH3 is 1. The molecular formula is C18H17NO2. The molecule has 1 aliphatic heterocycles. The molecule has 0 spiro atoms. The lowest BCUT2D eigenvalue weighted by atomic mass is 10.0. The summed E-state index contributed by atoms with van der Waals surface area (Å²) in [5.74, 6) is 1.79. The van der Waals surface area contributed by atoms with Gasteiger partial charge in [0.15, 0.2) is 0 Å². The van der Waals surface area contributed by atoms with Gasteiger partial charge in [-0.2, -0.15) is 0 Å². The first-order valence-electron chi connectivity index (χ1n) is 7.08. The smallest absolute Gasteiger partial charge is 0.129 e. The van der Waals surface area contributed by atoms with Crippen LogP contribution in [0.5, 0.6) is 11.5 Å². The number of hydrogen-bond acceptors (Lipinski definition) is 2. The monoisotopic (exact) mass is 279 g/mol. The number of ether oxygens (including phenoxy) is 2. The molecule has 1 aromatic heterocycles. The number of hydrogen-bond donors (Lipinski definition) is 1. The highest BCUT2D eigenvalue weighted by Crippen LogP contribution is 2.38. The second kappa shape index (κ2) is 4.04. The van der Waals surface area contributed by atoms with Crippen LogP contribution in [-0.4, -0.2) is 17.7 Å². The number of nitrogens with one attached hydrogen (secondary N) is 1. The molecule has 0 saturated carbocycles. The molecule has 0 atom stereocenters. The van der Waals surface area contributed by atoms with Crippen LogP contribution in [0.1, 0.15) is 19.4 Å². The Morgan fingerprint density at radius 2 is 1.95 bits per heavy atom.